The zero-order valence-electron chi connectivity index (χ0n) is 12.2. The molecular weight excluding hydrogens is 304 g/mol. The molecular formula is C15H16N2O4S. The number of aryl methyl sites for hydroxylation is 1. The van der Waals surface area contributed by atoms with Gasteiger partial charge in [-0.15, -0.1) is 0 Å². The first kappa shape index (κ1) is 16.0. The Morgan fingerprint density at radius 1 is 1.14 bits per heavy atom. The zero-order chi connectivity index (χ0) is 16.3. The van der Waals surface area contributed by atoms with E-state index in [4.69, 9.17) is 0 Å². The summed E-state index contributed by atoms with van der Waals surface area (Å²) in [5, 5.41) is 2.63. The van der Waals surface area contributed by atoms with Gasteiger partial charge in [-0.3, -0.25) is 9.59 Å². The molecule has 0 aliphatic rings. The molecule has 22 heavy (non-hydrogen) atoms. The van der Waals surface area contributed by atoms with Crippen LogP contribution >= 0.6 is 0 Å². The van der Waals surface area contributed by atoms with Crippen molar-refractivity contribution < 1.29 is 13.2 Å². The lowest BCUT2D eigenvalue weighted by Gasteiger charge is -2.06. The maximum Gasteiger partial charge on any atom is 0.260 e. The van der Waals surface area contributed by atoms with Crippen LogP contribution in [-0.4, -0.2) is 25.6 Å². The van der Waals surface area contributed by atoms with Crippen molar-refractivity contribution in [2.75, 3.05) is 6.26 Å². The highest BCUT2D eigenvalue weighted by Gasteiger charge is 2.10. The molecule has 1 aromatic heterocycles. The number of carbonyl (C=O) groups is 1. The number of nitrogens with one attached hydrogen (secondary N) is 2. The Labute approximate surface area is 128 Å². The molecule has 0 spiro atoms. The third-order valence-electron chi connectivity index (χ3n) is 3.10. The lowest BCUT2D eigenvalue weighted by Crippen LogP contribution is -2.29. The van der Waals surface area contributed by atoms with Gasteiger partial charge in [0, 0.05) is 18.5 Å². The maximum absolute atomic E-state index is 11.9. The summed E-state index contributed by atoms with van der Waals surface area (Å²) in [4.78, 5) is 26.4. The molecule has 0 bridgehead atoms. The minimum atomic E-state index is -3.24. The van der Waals surface area contributed by atoms with Gasteiger partial charge in [0.05, 0.1) is 4.90 Å². The summed E-state index contributed by atoms with van der Waals surface area (Å²) < 4.78 is 22.7. The number of benzene rings is 1. The minimum absolute atomic E-state index is 0.0401. The van der Waals surface area contributed by atoms with Crippen LogP contribution in [0.5, 0.6) is 0 Å². The Hall–Kier alpha value is -2.41. The molecule has 0 fully saturated rings. The number of H-pyrrole nitrogens is 1. The van der Waals surface area contributed by atoms with Crippen LogP contribution in [0.25, 0.3) is 0 Å². The van der Waals surface area contributed by atoms with Gasteiger partial charge in [0.1, 0.15) is 5.56 Å². The van der Waals surface area contributed by atoms with E-state index in [1.165, 1.54) is 18.2 Å². The average molecular weight is 320 g/mol. The Kier molecular flexibility index (Phi) is 4.46. The van der Waals surface area contributed by atoms with Crippen LogP contribution in [0.1, 0.15) is 21.6 Å². The third kappa shape index (κ3) is 3.82. The van der Waals surface area contributed by atoms with Crippen LogP contribution < -0.4 is 10.9 Å². The summed E-state index contributed by atoms with van der Waals surface area (Å²) in [5.41, 5.74) is 1.02. The van der Waals surface area contributed by atoms with Crippen LogP contribution in [-0.2, 0) is 16.4 Å². The number of sulfone groups is 1. The van der Waals surface area contributed by atoms with Gasteiger partial charge in [0.15, 0.2) is 9.84 Å². The van der Waals surface area contributed by atoms with Gasteiger partial charge in [-0.1, -0.05) is 12.1 Å². The number of aromatic amines is 1. The second-order valence-electron chi connectivity index (χ2n) is 4.98. The summed E-state index contributed by atoms with van der Waals surface area (Å²) in [6, 6.07) is 9.32. The van der Waals surface area contributed by atoms with Crippen LogP contribution in [0.15, 0.2) is 46.1 Å². The number of hydrogen-bond donors (Lipinski definition) is 2. The number of aromatic nitrogens is 1. The molecule has 0 saturated heterocycles. The van der Waals surface area contributed by atoms with Gasteiger partial charge < -0.3 is 10.3 Å². The van der Waals surface area contributed by atoms with Crippen molar-refractivity contribution >= 4 is 15.7 Å². The van der Waals surface area contributed by atoms with Gasteiger partial charge in [-0.05, 0) is 36.8 Å². The molecule has 116 valence electrons. The minimum Gasteiger partial charge on any atom is -0.348 e. The molecule has 0 radical (unpaired) electrons. The molecule has 2 N–H and O–H groups in total. The predicted octanol–water partition coefficient (Wildman–Crippen LogP) is 1.02. The smallest absolute Gasteiger partial charge is 0.260 e. The van der Waals surface area contributed by atoms with Crippen LogP contribution in [0, 0.1) is 6.92 Å². The molecule has 0 aliphatic heterocycles. The molecule has 2 rings (SSSR count). The van der Waals surface area contributed by atoms with Gasteiger partial charge in [0.2, 0.25) is 0 Å². The lowest BCUT2D eigenvalue weighted by atomic mass is 10.2. The highest BCUT2D eigenvalue weighted by atomic mass is 32.2. The standard InChI is InChI=1S/C15H16N2O4S/c1-10-3-8-13(15(19)17-10)14(18)16-9-11-4-6-12(7-5-11)22(2,20)21/h3-8H,9H2,1-2H3,(H,16,18)(H,17,19). The number of amides is 1. The van der Waals surface area contributed by atoms with Gasteiger partial charge in [-0.25, -0.2) is 8.42 Å². The fourth-order valence-electron chi connectivity index (χ4n) is 1.88. The number of carbonyl (C=O) groups excluding carboxylic acids is 1. The maximum atomic E-state index is 11.9. The normalized spacial score (nSPS) is 11.2. The molecule has 0 aliphatic carbocycles. The quantitative estimate of drug-likeness (QED) is 0.879. The van der Waals surface area contributed by atoms with Crippen LogP contribution in [0.4, 0.5) is 0 Å². The molecule has 0 atom stereocenters. The van der Waals surface area contributed by atoms with E-state index in [2.05, 4.69) is 10.3 Å². The number of pyridine rings is 1. The molecule has 1 amide bonds. The van der Waals surface area contributed by atoms with Gasteiger partial charge in [0.25, 0.3) is 11.5 Å². The van der Waals surface area contributed by atoms with Crippen molar-refractivity contribution in [1.82, 2.24) is 10.3 Å². The van der Waals surface area contributed by atoms with Crippen LogP contribution in [0.3, 0.4) is 0 Å². The monoisotopic (exact) mass is 320 g/mol. The molecule has 6 nitrogen and oxygen atoms in total. The summed E-state index contributed by atoms with van der Waals surface area (Å²) in [7, 11) is -3.24. The van der Waals surface area contributed by atoms with E-state index in [-0.39, 0.29) is 17.0 Å². The van der Waals surface area contributed by atoms with E-state index in [9.17, 15) is 18.0 Å². The predicted molar refractivity (Wildman–Crippen MR) is 82.5 cm³/mol. The van der Waals surface area contributed by atoms with E-state index in [0.717, 1.165) is 11.8 Å². The molecule has 0 saturated carbocycles. The summed E-state index contributed by atoms with van der Waals surface area (Å²) in [6.45, 7) is 1.93. The summed E-state index contributed by atoms with van der Waals surface area (Å²) in [6.07, 6.45) is 1.13. The summed E-state index contributed by atoms with van der Waals surface area (Å²) >= 11 is 0. The number of hydrogen-bond acceptors (Lipinski definition) is 4. The lowest BCUT2D eigenvalue weighted by molar-refractivity contribution is 0.0949. The Morgan fingerprint density at radius 2 is 1.77 bits per heavy atom. The van der Waals surface area contributed by atoms with Crippen LogP contribution in [0.2, 0.25) is 0 Å². The zero-order valence-corrected chi connectivity index (χ0v) is 13.0. The van der Waals surface area contributed by atoms with Crippen molar-refractivity contribution in [2.24, 2.45) is 0 Å². The SMILES string of the molecule is Cc1ccc(C(=O)NCc2ccc(S(C)(=O)=O)cc2)c(=O)[nH]1. The van der Waals surface area contributed by atoms with Crippen molar-refractivity contribution in [2.45, 2.75) is 18.4 Å². The topological polar surface area (TPSA) is 96.1 Å². The van der Waals surface area contributed by atoms with E-state index in [0.29, 0.717) is 5.69 Å². The van der Waals surface area contributed by atoms with E-state index >= 15 is 0 Å². The third-order valence-corrected chi connectivity index (χ3v) is 4.23. The first-order chi connectivity index (χ1) is 10.3. The first-order valence-corrected chi connectivity index (χ1v) is 8.43. The van der Waals surface area contributed by atoms with Gasteiger partial charge >= 0.3 is 0 Å². The van der Waals surface area contributed by atoms with E-state index in [1.54, 1.807) is 25.1 Å². The second-order valence-corrected chi connectivity index (χ2v) is 7.00. The highest BCUT2D eigenvalue weighted by Crippen LogP contribution is 2.10. The van der Waals surface area contributed by atoms with Crippen molar-refractivity contribution in [3.05, 3.63) is 63.6 Å². The Bertz CT molecular complexity index is 852. The fourth-order valence-corrected chi connectivity index (χ4v) is 2.51. The Morgan fingerprint density at radius 3 is 2.32 bits per heavy atom. The van der Waals surface area contributed by atoms with E-state index in [1.807, 2.05) is 0 Å². The molecule has 2 aromatic rings. The molecule has 0 unspecified atom stereocenters. The first-order valence-electron chi connectivity index (χ1n) is 6.54. The second kappa shape index (κ2) is 6.15. The largest absolute Gasteiger partial charge is 0.348 e. The summed E-state index contributed by atoms with van der Waals surface area (Å²) in [5.74, 6) is -0.478. The molecule has 7 heteroatoms. The average Bonchev–Trinajstić information content (AvgIpc) is 2.44. The van der Waals surface area contributed by atoms with Crippen molar-refractivity contribution in [1.29, 1.82) is 0 Å². The fraction of sp³-hybridized carbons (Fsp3) is 0.200. The number of rotatable bonds is 4. The highest BCUT2D eigenvalue weighted by molar-refractivity contribution is 7.90. The molecule has 1 aromatic carbocycles. The van der Waals surface area contributed by atoms with Crippen molar-refractivity contribution in [3.63, 3.8) is 0 Å². The Balaban J connectivity index is 2.07. The van der Waals surface area contributed by atoms with E-state index < -0.39 is 21.3 Å². The van der Waals surface area contributed by atoms with Gasteiger partial charge in [-0.2, -0.15) is 0 Å². The van der Waals surface area contributed by atoms with Crippen molar-refractivity contribution in [3.8, 4) is 0 Å². The molecule has 1 heterocycles.